The number of hydrogen-bond acceptors (Lipinski definition) is 1. The van der Waals surface area contributed by atoms with Crippen LogP contribution in [0.3, 0.4) is 0 Å². The summed E-state index contributed by atoms with van der Waals surface area (Å²) in [7, 11) is 0. The van der Waals surface area contributed by atoms with E-state index in [1.807, 2.05) is 19.1 Å². The van der Waals surface area contributed by atoms with Crippen molar-refractivity contribution in [1.29, 1.82) is 0 Å². The highest BCUT2D eigenvalue weighted by Gasteiger charge is 2.05. The van der Waals surface area contributed by atoms with Crippen LogP contribution in [0.15, 0.2) is 18.2 Å². The van der Waals surface area contributed by atoms with Crippen molar-refractivity contribution >= 4 is 0 Å². The highest BCUT2D eigenvalue weighted by molar-refractivity contribution is 5.26. The van der Waals surface area contributed by atoms with Gasteiger partial charge in [0.05, 0.1) is 6.61 Å². The molecule has 78 valence electrons. The van der Waals surface area contributed by atoms with Crippen molar-refractivity contribution in [3.63, 3.8) is 0 Å². The van der Waals surface area contributed by atoms with Gasteiger partial charge in [-0.1, -0.05) is 26.0 Å². The molecule has 0 spiro atoms. The van der Waals surface area contributed by atoms with Gasteiger partial charge in [0.2, 0.25) is 0 Å². The van der Waals surface area contributed by atoms with Gasteiger partial charge in [-0.3, -0.25) is 0 Å². The molecule has 0 atom stereocenters. The lowest BCUT2D eigenvalue weighted by atomic mass is 10.0. The molecule has 1 aromatic rings. The first-order chi connectivity index (χ1) is 6.65. The quantitative estimate of drug-likeness (QED) is 0.716. The minimum absolute atomic E-state index is 0.178. The van der Waals surface area contributed by atoms with Crippen LogP contribution in [0, 0.1) is 5.82 Å². The number of halogens is 1. The molecule has 0 radical (unpaired) electrons. The number of ether oxygens (including phenoxy) is 1. The van der Waals surface area contributed by atoms with Gasteiger partial charge >= 0.3 is 0 Å². The first-order valence-electron chi connectivity index (χ1n) is 5.01. The molecule has 1 aromatic carbocycles. The number of benzene rings is 1. The zero-order valence-corrected chi connectivity index (χ0v) is 9.01. The average molecular weight is 196 g/mol. The van der Waals surface area contributed by atoms with Gasteiger partial charge in [-0.2, -0.15) is 0 Å². The molecule has 0 aromatic heterocycles. The largest absolute Gasteiger partial charge is 0.377 e. The smallest absolute Gasteiger partial charge is 0.128 e. The molecule has 0 bridgehead atoms. The number of hydrogen-bond donors (Lipinski definition) is 0. The summed E-state index contributed by atoms with van der Waals surface area (Å²) < 4.78 is 18.5. The molecule has 0 aliphatic carbocycles. The Morgan fingerprint density at radius 3 is 2.64 bits per heavy atom. The van der Waals surface area contributed by atoms with Crippen molar-refractivity contribution in [1.82, 2.24) is 0 Å². The van der Waals surface area contributed by atoms with E-state index in [2.05, 4.69) is 13.8 Å². The first kappa shape index (κ1) is 11.2. The van der Waals surface area contributed by atoms with Crippen molar-refractivity contribution in [2.45, 2.75) is 33.3 Å². The van der Waals surface area contributed by atoms with Crippen LogP contribution < -0.4 is 0 Å². The third kappa shape index (κ3) is 2.81. The summed E-state index contributed by atoms with van der Waals surface area (Å²) in [5, 5.41) is 0. The Kier molecular flexibility index (Phi) is 4.08. The van der Waals surface area contributed by atoms with Gasteiger partial charge in [0.1, 0.15) is 5.82 Å². The van der Waals surface area contributed by atoms with E-state index >= 15 is 0 Å². The summed E-state index contributed by atoms with van der Waals surface area (Å²) >= 11 is 0. The van der Waals surface area contributed by atoms with Crippen LogP contribution in [-0.2, 0) is 11.3 Å². The van der Waals surface area contributed by atoms with Crippen LogP contribution in [0.5, 0.6) is 0 Å². The van der Waals surface area contributed by atoms with E-state index in [9.17, 15) is 4.39 Å². The number of rotatable bonds is 4. The van der Waals surface area contributed by atoms with E-state index in [-0.39, 0.29) is 5.82 Å². The highest BCUT2D eigenvalue weighted by atomic mass is 19.1. The molecular formula is C12H17FO. The summed E-state index contributed by atoms with van der Waals surface area (Å²) in [6, 6.07) is 5.23. The van der Waals surface area contributed by atoms with E-state index in [4.69, 9.17) is 4.74 Å². The Balaban J connectivity index is 2.85. The Bertz CT molecular complexity index is 294. The van der Waals surface area contributed by atoms with Gasteiger partial charge in [-0.15, -0.1) is 0 Å². The van der Waals surface area contributed by atoms with E-state index in [1.54, 1.807) is 0 Å². The maximum atomic E-state index is 13.3. The fourth-order valence-electron chi connectivity index (χ4n) is 1.28. The maximum Gasteiger partial charge on any atom is 0.128 e. The second kappa shape index (κ2) is 5.11. The summed E-state index contributed by atoms with van der Waals surface area (Å²) in [6.07, 6.45) is 0. The normalized spacial score (nSPS) is 10.9. The molecule has 0 aliphatic heterocycles. The fourth-order valence-corrected chi connectivity index (χ4v) is 1.28. The molecule has 14 heavy (non-hydrogen) atoms. The minimum atomic E-state index is -0.178. The lowest BCUT2D eigenvalue weighted by molar-refractivity contribution is 0.131. The molecule has 1 rings (SSSR count). The van der Waals surface area contributed by atoms with E-state index < -0.39 is 0 Å². The van der Waals surface area contributed by atoms with Crippen molar-refractivity contribution in [3.8, 4) is 0 Å². The molecule has 0 saturated heterocycles. The molecule has 0 aliphatic rings. The van der Waals surface area contributed by atoms with Gasteiger partial charge in [0, 0.05) is 12.2 Å². The summed E-state index contributed by atoms with van der Waals surface area (Å²) in [5.74, 6) is 0.249. The van der Waals surface area contributed by atoms with Crippen molar-refractivity contribution in [3.05, 3.63) is 35.1 Å². The Labute approximate surface area is 84.9 Å². The van der Waals surface area contributed by atoms with Crippen LogP contribution in [0.25, 0.3) is 0 Å². The van der Waals surface area contributed by atoms with Crippen LogP contribution >= 0.6 is 0 Å². The predicted octanol–water partition coefficient (Wildman–Crippen LogP) is 3.49. The Morgan fingerprint density at radius 2 is 2.07 bits per heavy atom. The molecule has 1 nitrogen and oxygen atoms in total. The van der Waals surface area contributed by atoms with E-state index in [0.29, 0.717) is 24.7 Å². The molecule has 0 fully saturated rings. The van der Waals surface area contributed by atoms with Gasteiger partial charge < -0.3 is 4.74 Å². The summed E-state index contributed by atoms with van der Waals surface area (Å²) in [5.41, 5.74) is 1.80. The second-order valence-electron chi connectivity index (χ2n) is 3.64. The predicted molar refractivity (Wildman–Crippen MR) is 55.8 cm³/mol. The van der Waals surface area contributed by atoms with E-state index in [1.165, 1.54) is 6.07 Å². The maximum absolute atomic E-state index is 13.3. The molecule has 0 unspecified atom stereocenters. The standard InChI is InChI=1S/C12H17FO/c1-4-14-8-11-7-10(9(2)3)5-6-12(11)13/h5-7,9H,4,8H2,1-3H3. The zero-order valence-electron chi connectivity index (χ0n) is 9.01. The van der Waals surface area contributed by atoms with Gasteiger partial charge in [0.15, 0.2) is 0 Å². The lowest BCUT2D eigenvalue weighted by Crippen LogP contribution is -1.98. The monoisotopic (exact) mass is 196 g/mol. The SMILES string of the molecule is CCOCc1cc(C(C)C)ccc1F. The van der Waals surface area contributed by atoms with Gasteiger partial charge in [-0.25, -0.2) is 4.39 Å². The second-order valence-corrected chi connectivity index (χ2v) is 3.64. The van der Waals surface area contributed by atoms with Crippen molar-refractivity contribution in [2.24, 2.45) is 0 Å². The fraction of sp³-hybridized carbons (Fsp3) is 0.500. The third-order valence-corrected chi connectivity index (χ3v) is 2.20. The van der Waals surface area contributed by atoms with Crippen molar-refractivity contribution in [2.75, 3.05) is 6.61 Å². The van der Waals surface area contributed by atoms with Crippen molar-refractivity contribution < 1.29 is 9.13 Å². The Hall–Kier alpha value is -0.890. The molecule has 0 saturated carbocycles. The molecule has 0 N–H and O–H groups in total. The van der Waals surface area contributed by atoms with Crippen LogP contribution in [-0.4, -0.2) is 6.61 Å². The van der Waals surface area contributed by atoms with Crippen LogP contribution in [0.1, 0.15) is 37.8 Å². The molecule has 0 heterocycles. The lowest BCUT2D eigenvalue weighted by Gasteiger charge is -2.09. The van der Waals surface area contributed by atoms with Gasteiger partial charge in [0.25, 0.3) is 0 Å². The van der Waals surface area contributed by atoms with E-state index in [0.717, 1.165) is 5.56 Å². The molecular weight excluding hydrogens is 179 g/mol. The first-order valence-corrected chi connectivity index (χ1v) is 5.01. The summed E-state index contributed by atoms with van der Waals surface area (Å²) in [4.78, 5) is 0. The van der Waals surface area contributed by atoms with Crippen LogP contribution in [0.2, 0.25) is 0 Å². The third-order valence-electron chi connectivity index (χ3n) is 2.20. The molecule has 2 heteroatoms. The van der Waals surface area contributed by atoms with Gasteiger partial charge in [-0.05, 0) is 24.5 Å². The Morgan fingerprint density at radius 1 is 1.36 bits per heavy atom. The zero-order chi connectivity index (χ0) is 10.6. The van der Waals surface area contributed by atoms with Crippen LogP contribution in [0.4, 0.5) is 4.39 Å². The average Bonchev–Trinajstić information content (AvgIpc) is 2.16. The summed E-state index contributed by atoms with van der Waals surface area (Å²) in [6.45, 7) is 7.08. The topological polar surface area (TPSA) is 9.23 Å². The highest BCUT2D eigenvalue weighted by Crippen LogP contribution is 2.18. The molecule has 0 amide bonds. The minimum Gasteiger partial charge on any atom is -0.377 e.